The van der Waals surface area contributed by atoms with Crippen molar-refractivity contribution in [3.8, 4) is 17.0 Å². The van der Waals surface area contributed by atoms with Crippen LogP contribution in [-0.4, -0.2) is 56.4 Å². The minimum atomic E-state index is -1.05. The standard InChI is InChI=1S/C19H30IN3O2Si/c1-22(2)9-10-25-17-8-6-7-16(13-17)18-14-23(19(20)21-18)15-24-11-12-26(3,4)5/h6-8,13-14H,9-12,15H2,1-5H3. The largest absolute Gasteiger partial charge is 0.492 e. The molecule has 0 radical (unpaired) electrons. The van der Waals surface area contributed by atoms with Gasteiger partial charge in [0.2, 0.25) is 0 Å². The van der Waals surface area contributed by atoms with Crippen molar-refractivity contribution >= 4 is 30.7 Å². The summed E-state index contributed by atoms with van der Waals surface area (Å²) in [6.45, 7) is 10.0. The zero-order valence-corrected chi connectivity index (χ0v) is 19.6. The van der Waals surface area contributed by atoms with Crippen molar-refractivity contribution in [2.75, 3.05) is 33.9 Å². The first-order valence-corrected chi connectivity index (χ1v) is 13.7. The molecule has 0 aliphatic rings. The Bertz CT molecular complexity index is 698. The molecule has 0 aliphatic carbocycles. The fourth-order valence-corrected chi connectivity index (χ4v) is 3.55. The molecule has 0 atom stereocenters. The van der Waals surface area contributed by atoms with Gasteiger partial charge in [0.25, 0.3) is 0 Å². The molecular weight excluding hydrogens is 457 g/mol. The molecule has 0 bridgehead atoms. The number of imidazole rings is 1. The van der Waals surface area contributed by atoms with Crippen LogP contribution in [0.5, 0.6) is 5.75 Å². The molecule has 1 aromatic heterocycles. The first-order valence-electron chi connectivity index (χ1n) is 8.93. The number of likely N-dealkylation sites (N-methyl/N-ethyl adjacent to an activating group) is 1. The van der Waals surface area contributed by atoms with E-state index in [0.29, 0.717) is 13.3 Å². The van der Waals surface area contributed by atoms with E-state index in [1.54, 1.807) is 0 Å². The van der Waals surface area contributed by atoms with Gasteiger partial charge in [-0.25, -0.2) is 4.98 Å². The second-order valence-corrected chi connectivity index (χ2v) is 14.5. The predicted molar refractivity (Wildman–Crippen MR) is 119 cm³/mol. The molecule has 0 amide bonds. The summed E-state index contributed by atoms with van der Waals surface area (Å²) in [5, 5.41) is 0. The van der Waals surface area contributed by atoms with Crippen molar-refractivity contribution in [2.45, 2.75) is 32.4 Å². The lowest BCUT2D eigenvalue weighted by molar-refractivity contribution is 0.0854. The molecule has 2 rings (SSSR count). The molecule has 1 heterocycles. The van der Waals surface area contributed by atoms with Crippen molar-refractivity contribution in [3.05, 3.63) is 34.3 Å². The number of nitrogens with zero attached hydrogens (tertiary/aromatic N) is 3. The van der Waals surface area contributed by atoms with E-state index < -0.39 is 8.07 Å². The number of hydrogen-bond donors (Lipinski definition) is 0. The first-order chi connectivity index (χ1) is 12.2. The molecule has 26 heavy (non-hydrogen) atoms. The minimum absolute atomic E-state index is 0.550. The number of ether oxygens (including phenoxy) is 2. The van der Waals surface area contributed by atoms with Gasteiger partial charge in [0.05, 0.1) is 5.69 Å². The van der Waals surface area contributed by atoms with Gasteiger partial charge in [-0.1, -0.05) is 31.8 Å². The van der Waals surface area contributed by atoms with E-state index in [-0.39, 0.29) is 0 Å². The average molecular weight is 487 g/mol. The maximum Gasteiger partial charge on any atom is 0.173 e. The molecule has 0 saturated heterocycles. The first kappa shape index (κ1) is 21.4. The summed E-state index contributed by atoms with van der Waals surface area (Å²) in [6, 6.07) is 9.28. The molecule has 5 nitrogen and oxygen atoms in total. The van der Waals surface area contributed by atoms with E-state index >= 15 is 0 Å². The lowest BCUT2D eigenvalue weighted by atomic mass is 10.1. The third kappa shape index (κ3) is 7.38. The van der Waals surface area contributed by atoms with Gasteiger partial charge < -0.3 is 18.9 Å². The van der Waals surface area contributed by atoms with Crippen LogP contribution >= 0.6 is 22.6 Å². The van der Waals surface area contributed by atoms with E-state index in [1.807, 2.05) is 32.3 Å². The Labute approximate surface area is 171 Å². The fourth-order valence-electron chi connectivity index (χ4n) is 2.26. The van der Waals surface area contributed by atoms with Crippen LogP contribution in [0.2, 0.25) is 25.7 Å². The quantitative estimate of drug-likeness (QED) is 0.283. The van der Waals surface area contributed by atoms with Gasteiger partial charge in [0.1, 0.15) is 19.1 Å². The van der Waals surface area contributed by atoms with Gasteiger partial charge in [0, 0.05) is 55.6 Å². The van der Waals surface area contributed by atoms with Crippen LogP contribution in [0.1, 0.15) is 0 Å². The van der Waals surface area contributed by atoms with Crippen LogP contribution in [0.15, 0.2) is 30.5 Å². The zero-order valence-electron chi connectivity index (χ0n) is 16.5. The smallest absolute Gasteiger partial charge is 0.173 e. The molecule has 0 aliphatic heterocycles. The summed E-state index contributed by atoms with van der Waals surface area (Å²) in [4.78, 5) is 6.78. The topological polar surface area (TPSA) is 39.5 Å². The van der Waals surface area contributed by atoms with Crippen molar-refractivity contribution in [1.82, 2.24) is 14.5 Å². The van der Waals surface area contributed by atoms with E-state index in [4.69, 9.17) is 9.47 Å². The third-order valence-corrected chi connectivity index (χ3v) is 6.46. The van der Waals surface area contributed by atoms with Gasteiger partial charge in [-0.15, -0.1) is 0 Å². The second kappa shape index (κ2) is 9.87. The number of rotatable bonds is 10. The Morgan fingerprint density at radius 1 is 1.19 bits per heavy atom. The molecule has 2 aromatic rings. The van der Waals surface area contributed by atoms with Crippen LogP contribution in [0.4, 0.5) is 0 Å². The Morgan fingerprint density at radius 2 is 1.96 bits per heavy atom. The third-order valence-electron chi connectivity index (χ3n) is 3.89. The number of halogens is 1. The Morgan fingerprint density at radius 3 is 2.65 bits per heavy atom. The Hall–Kier alpha value is -0.903. The average Bonchev–Trinajstić information content (AvgIpc) is 2.92. The summed E-state index contributed by atoms with van der Waals surface area (Å²) >= 11 is 2.26. The maximum atomic E-state index is 5.85. The lowest BCUT2D eigenvalue weighted by Gasteiger charge is -2.15. The van der Waals surface area contributed by atoms with Crippen LogP contribution < -0.4 is 4.74 Å². The molecule has 0 spiro atoms. The van der Waals surface area contributed by atoms with Gasteiger partial charge in [0.15, 0.2) is 3.83 Å². The zero-order chi connectivity index (χ0) is 19.2. The highest BCUT2D eigenvalue weighted by molar-refractivity contribution is 14.1. The van der Waals surface area contributed by atoms with Crippen molar-refractivity contribution in [3.63, 3.8) is 0 Å². The summed E-state index contributed by atoms with van der Waals surface area (Å²) < 4.78 is 14.7. The highest BCUT2D eigenvalue weighted by atomic mass is 127. The Balaban J connectivity index is 1.97. The van der Waals surface area contributed by atoms with E-state index in [9.17, 15) is 0 Å². The molecule has 0 unspecified atom stereocenters. The summed E-state index contributed by atoms with van der Waals surface area (Å²) in [7, 11) is 3.03. The van der Waals surface area contributed by atoms with Crippen molar-refractivity contribution in [2.24, 2.45) is 0 Å². The van der Waals surface area contributed by atoms with E-state index in [2.05, 4.69) is 68.9 Å². The molecule has 0 N–H and O–H groups in total. The van der Waals surface area contributed by atoms with Crippen LogP contribution in [0.3, 0.4) is 0 Å². The summed E-state index contributed by atoms with van der Waals surface area (Å²) in [5.74, 6) is 0.875. The molecule has 0 saturated carbocycles. The monoisotopic (exact) mass is 487 g/mol. The number of aromatic nitrogens is 2. The fraction of sp³-hybridized carbons (Fsp3) is 0.526. The number of benzene rings is 1. The normalized spacial score (nSPS) is 12.0. The maximum absolute atomic E-state index is 5.85. The van der Waals surface area contributed by atoms with Gasteiger partial charge in [-0.3, -0.25) is 0 Å². The van der Waals surface area contributed by atoms with Crippen molar-refractivity contribution in [1.29, 1.82) is 0 Å². The molecule has 7 heteroatoms. The molecule has 1 aromatic carbocycles. The van der Waals surface area contributed by atoms with E-state index in [0.717, 1.165) is 34.0 Å². The molecular formula is C19H30IN3O2Si. The molecule has 144 valence electrons. The van der Waals surface area contributed by atoms with Gasteiger partial charge >= 0.3 is 0 Å². The molecule has 0 fully saturated rings. The van der Waals surface area contributed by atoms with Gasteiger partial charge in [-0.05, 0) is 32.3 Å². The lowest BCUT2D eigenvalue weighted by Crippen LogP contribution is -2.22. The van der Waals surface area contributed by atoms with Crippen LogP contribution in [-0.2, 0) is 11.5 Å². The minimum Gasteiger partial charge on any atom is -0.492 e. The van der Waals surface area contributed by atoms with E-state index in [1.165, 1.54) is 6.04 Å². The van der Waals surface area contributed by atoms with Crippen LogP contribution in [0.25, 0.3) is 11.3 Å². The van der Waals surface area contributed by atoms with Gasteiger partial charge in [-0.2, -0.15) is 0 Å². The SMILES string of the molecule is CN(C)CCOc1cccc(-c2cn(COCC[Si](C)(C)C)c(I)n2)c1. The number of hydrogen-bond acceptors (Lipinski definition) is 4. The van der Waals surface area contributed by atoms with Crippen LogP contribution in [0, 0.1) is 3.83 Å². The summed E-state index contributed by atoms with van der Waals surface area (Å²) in [6.07, 6.45) is 2.05. The van der Waals surface area contributed by atoms with Crippen molar-refractivity contribution < 1.29 is 9.47 Å². The summed E-state index contributed by atoms with van der Waals surface area (Å²) in [5.41, 5.74) is 2.01. The highest BCUT2D eigenvalue weighted by Crippen LogP contribution is 2.24. The Kier molecular flexibility index (Phi) is 8.12. The highest BCUT2D eigenvalue weighted by Gasteiger charge is 2.13. The second-order valence-electron chi connectivity index (χ2n) is 7.89. The predicted octanol–water partition coefficient (Wildman–Crippen LogP) is 4.41.